The molecule has 2 aromatic carbocycles. The number of ether oxygens (including phenoxy) is 2. The topological polar surface area (TPSA) is 80.9 Å². The van der Waals surface area contributed by atoms with E-state index < -0.39 is 0 Å². The number of carbonyl (C=O) groups excluding carboxylic acids is 1. The highest BCUT2D eigenvalue weighted by molar-refractivity contribution is 6.33. The van der Waals surface area contributed by atoms with Crippen molar-refractivity contribution in [1.82, 2.24) is 0 Å². The van der Waals surface area contributed by atoms with Crippen molar-refractivity contribution in [3.63, 3.8) is 0 Å². The van der Waals surface area contributed by atoms with Crippen LogP contribution >= 0.6 is 11.6 Å². The SMILES string of the molecule is O=C(Nc1ccc(Cl)c(-c2ccc(CO)o2)c1)c1ccc2c(c1)OCO2. The molecule has 26 heavy (non-hydrogen) atoms. The average Bonchev–Trinajstić information content (AvgIpc) is 3.31. The number of benzene rings is 2. The fourth-order valence-electron chi connectivity index (χ4n) is 2.64. The molecule has 0 bridgehead atoms. The van der Waals surface area contributed by atoms with Crippen LogP contribution in [0.3, 0.4) is 0 Å². The minimum atomic E-state index is -0.285. The van der Waals surface area contributed by atoms with Gasteiger partial charge in [-0.2, -0.15) is 0 Å². The first-order valence-corrected chi connectivity index (χ1v) is 8.22. The van der Waals surface area contributed by atoms with E-state index in [1.165, 1.54) is 0 Å². The van der Waals surface area contributed by atoms with Crippen LogP contribution in [0.5, 0.6) is 11.5 Å². The van der Waals surface area contributed by atoms with E-state index in [9.17, 15) is 4.79 Å². The smallest absolute Gasteiger partial charge is 0.255 e. The summed E-state index contributed by atoms with van der Waals surface area (Å²) in [6, 6.07) is 13.5. The molecule has 132 valence electrons. The number of carbonyl (C=O) groups is 1. The van der Waals surface area contributed by atoms with Gasteiger partial charge in [0.15, 0.2) is 11.5 Å². The van der Waals surface area contributed by atoms with Crippen LogP contribution < -0.4 is 14.8 Å². The van der Waals surface area contributed by atoms with E-state index in [0.29, 0.717) is 44.9 Å². The van der Waals surface area contributed by atoms with E-state index in [2.05, 4.69) is 5.32 Å². The number of hydrogen-bond donors (Lipinski definition) is 2. The Hall–Kier alpha value is -2.96. The van der Waals surface area contributed by atoms with Crippen LogP contribution in [0.2, 0.25) is 5.02 Å². The molecule has 0 aliphatic carbocycles. The van der Waals surface area contributed by atoms with E-state index in [4.69, 9.17) is 30.6 Å². The fourth-order valence-corrected chi connectivity index (χ4v) is 2.85. The van der Waals surface area contributed by atoms with Gasteiger partial charge in [-0.25, -0.2) is 0 Å². The van der Waals surface area contributed by atoms with Crippen LogP contribution in [0.15, 0.2) is 52.9 Å². The van der Waals surface area contributed by atoms with Gasteiger partial charge in [0.05, 0.1) is 5.02 Å². The van der Waals surface area contributed by atoms with Crippen molar-refractivity contribution in [3.8, 4) is 22.8 Å². The van der Waals surface area contributed by atoms with Crippen molar-refractivity contribution in [2.24, 2.45) is 0 Å². The van der Waals surface area contributed by atoms with Crippen molar-refractivity contribution < 1.29 is 23.8 Å². The number of rotatable bonds is 4. The number of fused-ring (bicyclic) bond motifs is 1. The Morgan fingerprint density at radius 2 is 1.92 bits per heavy atom. The third kappa shape index (κ3) is 3.12. The van der Waals surface area contributed by atoms with E-state index >= 15 is 0 Å². The molecule has 7 heteroatoms. The Kier molecular flexibility index (Phi) is 4.28. The molecule has 1 aliphatic rings. The molecule has 2 N–H and O–H groups in total. The highest BCUT2D eigenvalue weighted by Crippen LogP contribution is 2.34. The van der Waals surface area contributed by atoms with E-state index in [1.54, 1.807) is 48.5 Å². The molecule has 0 fully saturated rings. The largest absolute Gasteiger partial charge is 0.459 e. The number of halogens is 1. The molecule has 0 saturated carbocycles. The molecule has 1 aliphatic heterocycles. The zero-order chi connectivity index (χ0) is 18.1. The van der Waals surface area contributed by atoms with Crippen LogP contribution in [0.4, 0.5) is 5.69 Å². The number of nitrogens with one attached hydrogen (secondary N) is 1. The summed E-state index contributed by atoms with van der Waals surface area (Å²) in [5.74, 6) is 1.82. The van der Waals surface area contributed by atoms with Crippen molar-refractivity contribution in [2.75, 3.05) is 12.1 Å². The van der Waals surface area contributed by atoms with Crippen molar-refractivity contribution in [2.45, 2.75) is 6.61 Å². The fraction of sp³-hybridized carbons (Fsp3) is 0.105. The molecular formula is C19H14ClNO5. The Labute approximate surface area is 153 Å². The van der Waals surface area contributed by atoms with Gasteiger partial charge >= 0.3 is 0 Å². The molecule has 1 amide bonds. The summed E-state index contributed by atoms with van der Waals surface area (Å²) in [6.07, 6.45) is 0. The monoisotopic (exact) mass is 371 g/mol. The molecule has 6 nitrogen and oxygen atoms in total. The normalized spacial score (nSPS) is 12.2. The summed E-state index contributed by atoms with van der Waals surface area (Å²) in [4.78, 5) is 12.5. The third-order valence-corrected chi connectivity index (χ3v) is 4.27. The van der Waals surface area contributed by atoms with Crippen LogP contribution in [0.1, 0.15) is 16.1 Å². The van der Waals surface area contributed by atoms with Crippen molar-refractivity contribution in [1.29, 1.82) is 0 Å². The van der Waals surface area contributed by atoms with Gasteiger partial charge in [0.2, 0.25) is 6.79 Å². The maximum Gasteiger partial charge on any atom is 0.255 e. The second kappa shape index (κ2) is 6.74. The van der Waals surface area contributed by atoms with Gasteiger partial charge in [-0.1, -0.05) is 11.6 Å². The Morgan fingerprint density at radius 1 is 1.08 bits per heavy atom. The molecule has 0 radical (unpaired) electrons. The summed E-state index contributed by atoms with van der Waals surface area (Å²) >= 11 is 6.24. The standard InChI is InChI=1S/C19H14ClNO5/c20-15-4-2-12(8-14(15)16-6-3-13(9-22)26-16)21-19(23)11-1-5-17-18(7-11)25-10-24-17/h1-8,22H,9-10H2,(H,21,23). The molecule has 1 aromatic heterocycles. The predicted molar refractivity (Wildman–Crippen MR) is 95.6 cm³/mol. The summed E-state index contributed by atoms with van der Waals surface area (Å²) in [5.41, 5.74) is 1.63. The zero-order valence-corrected chi connectivity index (χ0v) is 14.2. The molecular weight excluding hydrogens is 358 g/mol. The Balaban J connectivity index is 1.58. The lowest BCUT2D eigenvalue weighted by Crippen LogP contribution is -2.11. The maximum atomic E-state index is 12.5. The number of anilines is 1. The first-order valence-electron chi connectivity index (χ1n) is 7.84. The van der Waals surface area contributed by atoms with Crippen LogP contribution in [0, 0.1) is 0 Å². The van der Waals surface area contributed by atoms with Crippen LogP contribution in [0.25, 0.3) is 11.3 Å². The third-order valence-electron chi connectivity index (χ3n) is 3.94. The number of hydrogen-bond acceptors (Lipinski definition) is 5. The predicted octanol–water partition coefficient (Wildman–Crippen LogP) is 4.07. The second-order valence-electron chi connectivity index (χ2n) is 5.64. The first-order chi connectivity index (χ1) is 12.6. The zero-order valence-electron chi connectivity index (χ0n) is 13.5. The Bertz CT molecular complexity index is 982. The van der Waals surface area contributed by atoms with Crippen LogP contribution in [-0.4, -0.2) is 17.8 Å². The van der Waals surface area contributed by atoms with E-state index in [-0.39, 0.29) is 19.3 Å². The van der Waals surface area contributed by atoms with Gasteiger partial charge in [0, 0.05) is 16.8 Å². The lowest BCUT2D eigenvalue weighted by atomic mass is 10.1. The Morgan fingerprint density at radius 3 is 2.73 bits per heavy atom. The summed E-state index contributed by atoms with van der Waals surface area (Å²) in [7, 11) is 0. The lowest BCUT2D eigenvalue weighted by molar-refractivity contribution is 0.102. The molecule has 3 aromatic rings. The highest BCUT2D eigenvalue weighted by atomic mass is 35.5. The van der Waals surface area contributed by atoms with E-state index in [0.717, 1.165) is 0 Å². The molecule has 2 heterocycles. The average molecular weight is 372 g/mol. The number of furan rings is 1. The van der Waals surface area contributed by atoms with Gasteiger partial charge < -0.3 is 24.3 Å². The van der Waals surface area contributed by atoms with Gasteiger partial charge in [-0.05, 0) is 48.5 Å². The molecule has 0 spiro atoms. The van der Waals surface area contributed by atoms with Gasteiger partial charge in [0.25, 0.3) is 5.91 Å². The molecule has 0 saturated heterocycles. The number of amides is 1. The molecule has 0 atom stereocenters. The molecule has 0 unspecified atom stereocenters. The maximum absolute atomic E-state index is 12.5. The minimum absolute atomic E-state index is 0.153. The number of aliphatic hydroxyl groups is 1. The second-order valence-corrected chi connectivity index (χ2v) is 6.05. The van der Waals surface area contributed by atoms with Gasteiger partial charge in [-0.3, -0.25) is 4.79 Å². The van der Waals surface area contributed by atoms with Gasteiger partial charge in [0.1, 0.15) is 18.1 Å². The van der Waals surface area contributed by atoms with Crippen LogP contribution in [-0.2, 0) is 6.61 Å². The van der Waals surface area contributed by atoms with E-state index in [1.807, 2.05) is 0 Å². The highest BCUT2D eigenvalue weighted by Gasteiger charge is 2.17. The lowest BCUT2D eigenvalue weighted by Gasteiger charge is -2.09. The first kappa shape index (κ1) is 16.5. The molecule has 4 rings (SSSR count). The van der Waals surface area contributed by atoms with Crippen molar-refractivity contribution in [3.05, 3.63) is 64.9 Å². The summed E-state index contributed by atoms with van der Waals surface area (Å²) in [6.45, 7) is -0.0436. The van der Waals surface area contributed by atoms with Gasteiger partial charge in [-0.15, -0.1) is 0 Å². The van der Waals surface area contributed by atoms with Crippen molar-refractivity contribution >= 4 is 23.2 Å². The summed E-state index contributed by atoms with van der Waals surface area (Å²) in [5, 5.41) is 12.4. The minimum Gasteiger partial charge on any atom is -0.459 e. The summed E-state index contributed by atoms with van der Waals surface area (Å²) < 4.78 is 16.1. The number of aliphatic hydroxyl groups excluding tert-OH is 1. The quantitative estimate of drug-likeness (QED) is 0.722.